The fraction of sp³-hybridized carbons (Fsp3) is 0.368. The lowest BCUT2D eigenvalue weighted by Crippen LogP contribution is -2.45. The van der Waals surface area contributed by atoms with Crippen molar-refractivity contribution in [1.82, 2.24) is 40.2 Å². The molecule has 154 valence electrons. The van der Waals surface area contributed by atoms with Crippen LogP contribution in [0.2, 0.25) is 0 Å². The van der Waals surface area contributed by atoms with Crippen LogP contribution in [0.3, 0.4) is 0 Å². The quantitative estimate of drug-likeness (QED) is 0.646. The number of aromatic nitrogens is 6. The molecule has 0 spiro atoms. The molecule has 11 nitrogen and oxygen atoms in total. The van der Waals surface area contributed by atoms with Crippen molar-refractivity contribution in [1.29, 1.82) is 0 Å². The number of nitrogens with zero attached hydrogens (tertiary/aromatic N) is 7. The van der Waals surface area contributed by atoms with Crippen LogP contribution in [0.1, 0.15) is 22.5 Å². The lowest BCUT2D eigenvalue weighted by atomic mass is 10.1. The number of rotatable bonds is 4. The SMILES string of the molecule is O=C(c1cc(-n2cnnn2)n[nH]1)N1C[C@@H]2OCCC(=O)N(Cc3ccccc3)[C@H]2C1. The van der Waals surface area contributed by atoms with Crippen LogP contribution in [0, 0.1) is 0 Å². The Labute approximate surface area is 171 Å². The first-order valence-corrected chi connectivity index (χ1v) is 9.72. The average Bonchev–Trinajstić information content (AvgIpc) is 3.51. The topological polar surface area (TPSA) is 122 Å². The van der Waals surface area contributed by atoms with Gasteiger partial charge in [0, 0.05) is 25.7 Å². The van der Waals surface area contributed by atoms with Crippen LogP contribution in [0.5, 0.6) is 0 Å². The maximum Gasteiger partial charge on any atom is 0.272 e. The Morgan fingerprint density at radius 1 is 1.23 bits per heavy atom. The van der Waals surface area contributed by atoms with E-state index in [0.717, 1.165) is 5.56 Å². The molecule has 2 fully saturated rings. The molecule has 2 atom stereocenters. The highest BCUT2D eigenvalue weighted by molar-refractivity contribution is 5.93. The molecule has 1 N–H and O–H groups in total. The second-order valence-electron chi connectivity index (χ2n) is 7.34. The van der Waals surface area contributed by atoms with Gasteiger partial charge in [0.2, 0.25) is 5.91 Å². The highest BCUT2D eigenvalue weighted by Gasteiger charge is 2.43. The number of benzene rings is 1. The minimum absolute atomic E-state index is 0.0446. The van der Waals surface area contributed by atoms with Crippen molar-refractivity contribution in [3.05, 3.63) is 54.0 Å². The van der Waals surface area contributed by atoms with Gasteiger partial charge < -0.3 is 14.5 Å². The van der Waals surface area contributed by atoms with Crippen LogP contribution >= 0.6 is 0 Å². The summed E-state index contributed by atoms with van der Waals surface area (Å²) >= 11 is 0. The van der Waals surface area contributed by atoms with E-state index < -0.39 is 0 Å². The minimum atomic E-state index is -0.217. The van der Waals surface area contributed by atoms with Gasteiger partial charge in [-0.2, -0.15) is 9.78 Å². The zero-order valence-electron chi connectivity index (χ0n) is 16.1. The molecule has 2 amide bonds. The Bertz CT molecular complexity index is 1040. The fourth-order valence-electron chi connectivity index (χ4n) is 3.97. The number of ether oxygens (including phenoxy) is 1. The molecule has 2 aromatic heterocycles. The number of likely N-dealkylation sites (tertiary alicyclic amines) is 1. The number of aromatic amines is 1. The van der Waals surface area contributed by atoms with E-state index in [1.807, 2.05) is 35.2 Å². The van der Waals surface area contributed by atoms with E-state index in [-0.39, 0.29) is 24.0 Å². The van der Waals surface area contributed by atoms with Crippen molar-refractivity contribution in [2.45, 2.75) is 25.1 Å². The van der Waals surface area contributed by atoms with E-state index in [2.05, 4.69) is 25.7 Å². The second-order valence-corrected chi connectivity index (χ2v) is 7.34. The number of amides is 2. The second kappa shape index (κ2) is 7.67. The number of fused-ring (bicyclic) bond motifs is 1. The normalized spacial score (nSPS) is 21.5. The number of H-pyrrole nitrogens is 1. The number of hydrogen-bond donors (Lipinski definition) is 1. The molecule has 4 heterocycles. The Morgan fingerprint density at radius 2 is 2.10 bits per heavy atom. The molecule has 5 rings (SSSR count). The molecule has 2 aliphatic heterocycles. The van der Waals surface area contributed by atoms with E-state index in [1.165, 1.54) is 11.0 Å². The standard InChI is InChI=1S/C19H20N8O3/c28-18-6-7-30-16-11-25(10-15(16)26(18)9-13-4-2-1-3-5-13)19(29)14-8-17(22-21-14)27-12-20-23-24-27/h1-5,8,12,15-16H,6-7,9-11H2,(H,21,22)/t15-,16-/m0/s1. The number of carbonyl (C=O) groups is 2. The molecular formula is C19H20N8O3. The molecule has 0 bridgehead atoms. The molecule has 11 heteroatoms. The van der Waals surface area contributed by atoms with E-state index in [9.17, 15) is 9.59 Å². The summed E-state index contributed by atoms with van der Waals surface area (Å²) in [7, 11) is 0. The molecule has 2 aliphatic rings. The maximum atomic E-state index is 13.0. The molecular weight excluding hydrogens is 388 g/mol. The fourth-order valence-corrected chi connectivity index (χ4v) is 3.97. The number of nitrogens with one attached hydrogen (secondary N) is 1. The van der Waals surface area contributed by atoms with E-state index in [1.54, 1.807) is 11.0 Å². The molecule has 3 aromatic rings. The summed E-state index contributed by atoms with van der Waals surface area (Å²) in [5.74, 6) is 0.266. The lowest BCUT2D eigenvalue weighted by molar-refractivity contribution is -0.133. The van der Waals surface area contributed by atoms with Crippen molar-refractivity contribution >= 4 is 11.8 Å². The molecule has 30 heavy (non-hydrogen) atoms. The first-order chi connectivity index (χ1) is 14.7. The van der Waals surface area contributed by atoms with E-state index >= 15 is 0 Å². The van der Waals surface area contributed by atoms with Crippen molar-refractivity contribution in [3.8, 4) is 5.82 Å². The Kier molecular flexibility index (Phi) is 4.71. The van der Waals surface area contributed by atoms with Gasteiger partial charge in [-0.25, -0.2) is 0 Å². The van der Waals surface area contributed by atoms with Gasteiger partial charge >= 0.3 is 0 Å². The zero-order valence-corrected chi connectivity index (χ0v) is 16.1. The van der Waals surface area contributed by atoms with Crippen molar-refractivity contribution in [3.63, 3.8) is 0 Å². The minimum Gasteiger partial charge on any atom is -0.374 e. The summed E-state index contributed by atoms with van der Waals surface area (Å²) in [6, 6.07) is 11.3. The van der Waals surface area contributed by atoms with Crippen LogP contribution in [0.4, 0.5) is 0 Å². The summed E-state index contributed by atoms with van der Waals surface area (Å²) < 4.78 is 7.30. The van der Waals surface area contributed by atoms with Crippen LogP contribution in [-0.4, -0.2) is 83.9 Å². The van der Waals surface area contributed by atoms with Gasteiger partial charge in [0.25, 0.3) is 5.91 Å². The summed E-state index contributed by atoms with van der Waals surface area (Å²) in [4.78, 5) is 29.3. The lowest BCUT2D eigenvalue weighted by Gasteiger charge is -2.29. The Hall–Kier alpha value is -3.60. The molecule has 0 unspecified atom stereocenters. The van der Waals surface area contributed by atoms with Crippen molar-refractivity contribution < 1.29 is 14.3 Å². The number of hydrogen-bond acceptors (Lipinski definition) is 7. The van der Waals surface area contributed by atoms with Gasteiger partial charge in [-0.1, -0.05) is 30.3 Å². The molecule has 0 saturated carbocycles. The maximum absolute atomic E-state index is 13.0. The first kappa shape index (κ1) is 18.4. The summed E-state index contributed by atoms with van der Waals surface area (Å²) in [6.07, 6.45) is 1.54. The van der Waals surface area contributed by atoms with E-state index in [4.69, 9.17) is 4.74 Å². The summed E-state index contributed by atoms with van der Waals surface area (Å²) in [5.41, 5.74) is 1.38. The van der Waals surface area contributed by atoms with Gasteiger partial charge in [0.05, 0.1) is 25.2 Å². The van der Waals surface area contributed by atoms with Crippen LogP contribution in [0.15, 0.2) is 42.7 Å². The molecule has 0 aliphatic carbocycles. The van der Waals surface area contributed by atoms with E-state index in [0.29, 0.717) is 44.2 Å². The van der Waals surface area contributed by atoms with Crippen LogP contribution < -0.4 is 0 Å². The van der Waals surface area contributed by atoms with Crippen LogP contribution in [-0.2, 0) is 16.1 Å². The predicted molar refractivity (Wildman–Crippen MR) is 102 cm³/mol. The third kappa shape index (κ3) is 3.43. The third-order valence-electron chi connectivity index (χ3n) is 5.47. The average molecular weight is 408 g/mol. The summed E-state index contributed by atoms with van der Waals surface area (Å²) in [5, 5.41) is 17.7. The monoisotopic (exact) mass is 408 g/mol. The largest absolute Gasteiger partial charge is 0.374 e. The van der Waals surface area contributed by atoms with Crippen molar-refractivity contribution in [2.24, 2.45) is 0 Å². The first-order valence-electron chi connectivity index (χ1n) is 9.72. The zero-order chi connectivity index (χ0) is 20.5. The highest BCUT2D eigenvalue weighted by atomic mass is 16.5. The Balaban J connectivity index is 1.34. The van der Waals surface area contributed by atoms with Crippen molar-refractivity contribution in [2.75, 3.05) is 19.7 Å². The summed E-state index contributed by atoms with van der Waals surface area (Å²) in [6.45, 7) is 1.68. The molecule has 2 saturated heterocycles. The van der Waals surface area contributed by atoms with Crippen LogP contribution in [0.25, 0.3) is 5.82 Å². The van der Waals surface area contributed by atoms with Gasteiger partial charge in [-0.05, 0) is 16.0 Å². The smallest absolute Gasteiger partial charge is 0.272 e. The number of carbonyl (C=O) groups excluding carboxylic acids is 2. The van der Waals surface area contributed by atoms with Gasteiger partial charge in [0.1, 0.15) is 12.0 Å². The van der Waals surface area contributed by atoms with Gasteiger partial charge in [-0.3, -0.25) is 14.7 Å². The highest BCUT2D eigenvalue weighted by Crippen LogP contribution is 2.26. The predicted octanol–water partition coefficient (Wildman–Crippen LogP) is 0.0275. The molecule has 1 aromatic carbocycles. The molecule has 0 radical (unpaired) electrons. The third-order valence-corrected chi connectivity index (χ3v) is 5.47. The Morgan fingerprint density at radius 3 is 2.90 bits per heavy atom. The van der Waals surface area contributed by atoms with Gasteiger partial charge in [0.15, 0.2) is 5.82 Å². The van der Waals surface area contributed by atoms with Gasteiger partial charge in [-0.15, -0.1) is 5.10 Å². The number of tetrazole rings is 1.